The molecule has 15 heteroatoms. The van der Waals surface area contributed by atoms with Gasteiger partial charge in [-0.1, -0.05) is 42.5 Å². The first-order valence-corrected chi connectivity index (χ1v) is 15.3. The minimum Gasteiger partial charge on any atom is -0.477 e. The number of thiophene rings is 1. The van der Waals surface area contributed by atoms with E-state index in [0.717, 1.165) is 33.5 Å². The van der Waals surface area contributed by atoms with Crippen LogP contribution in [0.15, 0.2) is 33.1 Å². The first-order valence-electron chi connectivity index (χ1n) is 10.8. The quantitative estimate of drug-likeness (QED) is 0.132. The van der Waals surface area contributed by atoms with E-state index >= 15 is 0 Å². The Bertz CT molecular complexity index is 1260. The van der Waals surface area contributed by atoms with Crippen LogP contribution in [0.25, 0.3) is 0 Å². The summed E-state index contributed by atoms with van der Waals surface area (Å²) in [5, 5.41) is 22.8. The van der Waals surface area contributed by atoms with E-state index in [2.05, 4.69) is 22.4 Å². The highest BCUT2D eigenvalue weighted by atomic mass is 32.2. The average Bonchev–Trinajstić information content (AvgIpc) is 3.56. The van der Waals surface area contributed by atoms with Crippen molar-refractivity contribution in [3.63, 3.8) is 0 Å². The van der Waals surface area contributed by atoms with Crippen molar-refractivity contribution in [2.24, 2.45) is 0 Å². The Labute approximate surface area is 227 Å². The number of hydrogen-bond acceptors (Lipinski definition) is 11. The van der Waals surface area contributed by atoms with Crippen LogP contribution in [0.2, 0.25) is 0 Å². The third-order valence-corrected chi connectivity index (χ3v) is 10.7. The molecule has 36 heavy (non-hydrogen) atoms. The Morgan fingerprint density at radius 1 is 1.39 bits per heavy atom. The third kappa shape index (κ3) is 5.04. The second-order valence-corrected chi connectivity index (χ2v) is 12.6. The number of hydrogen-bond donors (Lipinski definition) is 2. The van der Waals surface area contributed by atoms with Gasteiger partial charge in [0, 0.05) is 25.0 Å². The number of thioether (sulfide) groups is 2. The number of methoxy groups -OCH3 is 1. The van der Waals surface area contributed by atoms with Crippen molar-refractivity contribution in [1.29, 1.82) is 0 Å². The fourth-order valence-electron chi connectivity index (χ4n) is 3.75. The maximum atomic E-state index is 13.3. The molecule has 0 aliphatic carbocycles. The first kappa shape index (κ1) is 27.0. The summed E-state index contributed by atoms with van der Waals surface area (Å²) in [7, 11) is 1.27. The molecule has 2 aromatic rings. The van der Waals surface area contributed by atoms with E-state index < -0.39 is 28.9 Å². The summed E-state index contributed by atoms with van der Waals surface area (Å²) in [6, 6.07) is 3.34. The van der Waals surface area contributed by atoms with Gasteiger partial charge >= 0.3 is 5.97 Å². The van der Waals surface area contributed by atoms with Crippen molar-refractivity contribution in [1.82, 2.24) is 20.4 Å². The molecule has 2 atom stereocenters. The molecular weight excluding hydrogens is 565 g/mol. The molecule has 0 unspecified atom stereocenters. The van der Waals surface area contributed by atoms with Crippen LogP contribution in [0.3, 0.4) is 0 Å². The Kier molecular flexibility index (Phi) is 8.67. The number of carboxylic acids is 1. The van der Waals surface area contributed by atoms with Crippen LogP contribution < -0.4 is 5.32 Å². The fraction of sp³-hybridized carbons (Fsp3) is 0.429. The Morgan fingerprint density at radius 2 is 2.19 bits per heavy atom. The minimum absolute atomic E-state index is 0.0298. The van der Waals surface area contributed by atoms with Crippen LogP contribution in [-0.4, -0.2) is 76.8 Å². The topological polar surface area (TPSA) is 139 Å². The van der Waals surface area contributed by atoms with Gasteiger partial charge in [-0.15, -0.1) is 33.3 Å². The third-order valence-electron chi connectivity index (χ3n) is 5.53. The lowest BCUT2D eigenvalue weighted by molar-refractivity contribution is -0.191. The molecule has 2 amide bonds. The Hall–Kier alpha value is -2.04. The molecule has 10 nitrogen and oxygen atoms in total. The largest absolute Gasteiger partial charge is 0.477 e. The summed E-state index contributed by atoms with van der Waals surface area (Å²) in [6.45, 7) is 2.11. The number of carbonyl (C=O) groups is 3. The molecule has 1 fully saturated rings. The molecule has 2 aliphatic rings. The normalized spacial score (nSPS) is 21.1. The number of ether oxygens (including phenoxy) is 1. The number of rotatable bonds is 11. The molecule has 0 saturated carbocycles. The molecule has 2 aliphatic heterocycles. The molecule has 192 valence electrons. The fourth-order valence-corrected chi connectivity index (χ4v) is 8.45. The molecule has 0 spiro atoms. The van der Waals surface area contributed by atoms with E-state index in [1.807, 2.05) is 0 Å². The SMILES string of the molecule is CCCCc1nnc(SCC2=C(C(=O)O)N3C(=O)[C@](NC(=O)C(=S=O)c4cccs4)(OC)[C@H]3SC2)s1. The number of nitrogens with one attached hydrogen (secondary N) is 1. The van der Waals surface area contributed by atoms with E-state index in [0.29, 0.717) is 22.0 Å². The van der Waals surface area contributed by atoms with Crippen molar-refractivity contribution in [2.75, 3.05) is 18.6 Å². The number of amides is 2. The lowest BCUT2D eigenvalue weighted by Crippen LogP contribution is -2.81. The zero-order valence-corrected chi connectivity index (χ0v) is 23.3. The van der Waals surface area contributed by atoms with E-state index in [4.69, 9.17) is 4.74 Å². The van der Waals surface area contributed by atoms with Gasteiger partial charge in [0.25, 0.3) is 17.5 Å². The van der Waals surface area contributed by atoms with Gasteiger partial charge in [0.2, 0.25) is 0 Å². The number of fused-ring (bicyclic) bond motifs is 1. The van der Waals surface area contributed by atoms with Crippen molar-refractivity contribution >= 4 is 80.1 Å². The van der Waals surface area contributed by atoms with Crippen molar-refractivity contribution in [3.8, 4) is 0 Å². The average molecular weight is 587 g/mol. The Balaban J connectivity index is 1.52. The number of aryl methyl sites for hydroxylation is 1. The molecular formula is C21H22N4O6S5. The molecule has 2 aromatic heterocycles. The maximum absolute atomic E-state index is 13.3. The predicted octanol–water partition coefficient (Wildman–Crippen LogP) is 2.18. The van der Waals surface area contributed by atoms with E-state index in [1.165, 1.54) is 53.3 Å². The number of aromatic nitrogens is 2. The summed E-state index contributed by atoms with van der Waals surface area (Å²) < 4.78 is 17.8. The summed E-state index contributed by atoms with van der Waals surface area (Å²) in [5.41, 5.74) is -1.31. The van der Waals surface area contributed by atoms with Crippen LogP contribution >= 0.6 is 46.2 Å². The van der Waals surface area contributed by atoms with Crippen LogP contribution in [-0.2, 0) is 36.8 Å². The zero-order valence-electron chi connectivity index (χ0n) is 19.2. The Morgan fingerprint density at radius 3 is 2.83 bits per heavy atom. The van der Waals surface area contributed by atoms with Gasteiger partial charge in [-0.25, -0.2) is 9.00 Å². The summed E-state index contributed by atoms with van der Waals surface area (Å²) in [5.74, 6) is -2.02. The van der Waals surface area contributed by atoms with E-state index in [9.17, 15) is 23.7 Å². The van der Waals surface area contributed by atoms with Crippen LogP contribution in [0.1, 0.15) is 29.7 Å². The van der Waals surface area contributed by atoms with Gasteiger partial charge in [0.1, 0.15) is 32.2 Å². The number of unbranched alkanes of at least 4 members (excludes halogenated alkanes) is 1. The van der Waals surface area contributed by atoms with Gasteiger partial charge in [-0.3, -0.25) is 14.5 Å². The van der Waals surface area contributed by atoms with Gasteiger partial charge in [0.05, 0.1) is 4.88 Å². The van der Waals surface area contributed by atoms with Gasteiger partial charge in [-0.2, -0.15) is 0 Å². The number of β-lactam (4-membered cyclic amide) rings is 1. The van der Waals surface area contributed by atoms with Crippen LogP contribution in [0.4, 0.5) is 0 Å². The predicted molar refractivity (Wildman–Crippen MR) is 141 cm³/mol. The molecule has 2 N–H and O–H groups in total. The molecule has 0 bridgehead atoms. The smallest absolute Gasteiger partial charge is 0.352 e. The maximum Gasteiger partial charge on any atom is 0.352 e. The van der Waals surface area contributed by atoms with Gasteiger partial charge in [0.15, 0.2) is 4.34 Å². The summed E-state index contributed by atoms with van der Waals surface area (Å²) >= 11 is 5.42. The second kappa shape index (κ2) is 11.6. The second-order valence-electron chi connectivity index (χ2n) is 7.73. The van der Waals surface area contributed by atoms with Crippen LogP contribution in [0, 0.1) is 0 Å². The molecule has 4 heterocycles. The minimum atomic E-state index is -1.77. The monoisotopic (exact) mass is 586 g/mol. The lowest BCUT2D eigenvalue weighted by Gasteiger charge is -2.55. The van der Waals surface area contributed by atoms with Crippen molar-refractivity contribution in [3.05, 3.63) is 38.7 Å². The van der Waals surface area contributed by atoms with Gasteiger partial charge in [-0.05, 0) is 23.4 Å². The molecule has 4 rings (SSSR count). The summed E-state index contributed by atoms with van der Waals surface area (Å²) in [6.07, 6.45) is 2.95. The van der Waals surface area contributed by atoms with Crippen molar-refractivity contribution in [2.45, 2.75) is 41.6 Å². The number of carbonyl (C=O) groups excluding carboxylic acids is 2. The standard InChI is InChI=1S/C21H22N4O6S5/c1-3-4-7-13-23-24-20(35-13)34-10-11-9-33-19-21(31-2,18(29)25(19)14(11)17(27)28)22-16(26)15(36-30)12-6-5-8-32-12/h5-6,8,19H,3-4,7,9-10H2,1-2H3,(H,22,26)(H,27,28)/t19-,21+/m1/s1. The highest BCUT2D eigenvalue weighted by molar-refractivity contribution is 8.01. The van der Waals surface area contributed by atoms with Crippen LogP contribution in [0.5, 0.6) is 0 Å². The van der Waals surface area contributed by atoms with Gasteiger partial charge < -0.3 is 15.2 Å². The molecule has 1 saturated heterocycles. The van der Waals surface area contributed by atoms with Crippen molar-refractivity contribution < 1.29 is 28.4 Å². The number of carboxylic acid groups (broad SMARTS) is 1. The van der Waals surface area contributed by atoms with E-state index in [-0.39, 0.29) is 21.8 Å². The lowest BCUT2D eigenvalue weighted by atomic mass is 9.98. The highest BCUT2D eigenvalue weighted by Gasteiger charge is 2.66. The molecule has 0 aromatic carbocycles. The summed E-state index contributed by atoms with van der Waals surface area (Å²) in [4.78, 5) is 39.9. The number of aliphatic carboxylic acids is 1. The highest BCUT2D eigenvalue weighted by Crippen LogP contribution is 2.47. The van der Waals surface area contributed by atoms with E-state index in [1.54, 1.807) is 17.5 Å². The number of nitrogens with zero attached hydrogens (tertiary/aromatic N) is 3. The first-order chi connectivity index (χ1) is 17.4. The molecule has 0 radical (unpaired) electrons. The zero-order chi connectivity index (χ0) is 25.9.